The molecular weight excluding hydrogens is 300 g/mol. The molecule has 5 heteroatoms. The van der Waals surface area contributed by atoms with Crippen LogP contribution in [-0.4, -0.2) is 48.7 Å². The molecule has 1 aromatic carbocycles. The predicted octanol–water partition coefficient (Wildman–Crippen LogP) is 2.25. The molecule has 0 spiro atoms. The van der Waals surface area contributed by atoms with E-state index in [1.807, 2.05) is 24.3 Å². The minimum atomic E-state index is 0.124. The fraction of sp³-hybridized carbons (Fsp3) is 0.588. The summed E-state index contributed by atoms with van der Waals surface area (Å²) in [6.45, 7) is 4.81. The number of aryl methyl sites for hydroxylation is 1. The molecule has 120 valence electrons. The first-order valence-corrected chi connectivity index (χ1v) is 8.37. The number of benzene rings is 1. The monoisotopic (exact) mass is 322 g/mol. The van der Waals surface area contributed by atoms with E-state index in [9.17, 15) is 4.79 Å². The molecule has 3 rings (SSSR count). The Labute approximate surface area is 136 Å². The molecule has 2 heterocycles. The van der Waals surface area contributed by atoms with Crippen LogP contribution >= 0.6 is 11.6 Å². The number of ether oxygens (including phenoxy) is 1. The highest BCUT2D eigenvalue weighted by molar-refractivity contribution is 6.30. The predicted molar refractivity (Wildman–Crippen MR) is 87.1 cm³/mol. The number of rotatable bonds is 4. The SMILES string of the molecule is C[C@H]1CN2C[C@@H](NC(=O)CCc3cccc(Cl)c3)C[C@H]2CO1. The zero-order valence-corrected chi connectivity index (χ0v) is 13.7. The molecule has 2 aliphatic heterocycles. The Kier molecular flexibility index (Phi) is 5.01. The van der Waals surface area contributed by atoms with Gasteiger partial charge in [-0.05, 0) is 37.5 Å². The van der Waals surface area contributed by atoms with Crippen LogP contribution in [0.4, 0.5) is 0 Å². The standard InChI is InChI=1S/C17H23ClN2O2/c1-12-9-20-10-15(8-16(20)11-22-12)19-17(21)6-5-13-3-2-4-14(18)7-13/h2-4,7,12,15-16H,5-6,8-11H2,1H3,(H,19,21)/t12-,15-,16-/m0/s1. The Morgan fingerprint density at radius 1 is 1.45 bits per heavy atom. The minimum Gasteiger partial charge on any atom is -0.376 e. The number of carbonyl (C=O) groups is 1. The molecule has 22 heavy (non-hydrogen) atoms. The van der Waals surface area contributed by atoms with Crippen molar-refractivity contribution < 1.29 is 9.53 Å². The summed E-state index contributed by atoms with van der Waals surface area (Å²) in [5.74, 6) is 0.124. The van der Waals surface area contributed by atoms with Gasteiger partial charge in [-0.25, -0.2) is 0 Å². The van der Waals surface area contributed by atoms with Gasteiger partial charge in [0.05, 0.1) is 12.7 Å². The highest BCUT2D eigenvalue weighted by atomic mass is 35.5. The first-order chi connectivity index (χ1) is 10.6. The molecule has 0 aromatic heterocycles. The van der Waals surface area contributed by atoms with Crippen molar-refractivity contribution >= 4 is 17.5 Å². The molecule has 1 N–H and O–H groups in total. The van der Waals surface area contributed by atoms with Crippen molar-refractivity contribution in [2.75, 3.05) is 19.7 Å². The minimum absolute atomic E-state index is 0.124. The van der Waals surface area contributed by atoms with Gasteiger partial charge in [-0.2, -0.15) is 0 Å². The average Bonchev–Trinajstić information content (AvgIpc) is 2.86. The Bertz CT molecular complexity index is 537. The van der Waals surface area contributed by atoms with E-state index in [2.05, 4.69) is 17.1 Å². The lowest BCUT2D eigenvalue weighted by Gasteiger charge is -2.33. The average molecular weight is 323 g/mol. The summed E-state index contributed by atoms with van der Waals surface area (Å²) in [4.78, 5) is 14.6. The van der Waals surface area contributed by atoms with Crippen molar-refractivity contribution in [1.82, 2.24) is 10.2 Å². The number of hydrogen-bond donors (Lipinski definition) is 1. The number of hydrogen-bond acceptors (Lipinski definition) is 3. The number of nitrogens with one attached hydrogen (secondary N) is 1. The van der Waals surface area contributed by atoms with Crippen molar-refractivity contribution in [2.45, 2.75) is 44.4 Å². The maximum absolute atomic E-state index is 12.1. The molecular formula is C17H23ClN2O2. The Hall–Kier alpha value is -1.10. The summed E-state index contributed by atoms with van der Waals surface area (Å²) < 4.78 is 5.69. The Balaban J connectivity index is 1.44. The van der Waals surface area contributed by atoms with Gasteiger partial charge in [0.25, 0.3) is 0 Å². The Morgan fingerprint density at radius 3 is 3.14 bits per heavy atom. The molecule has 2 aliphatic rings. The molecule has 1 amide bonds. The van der Waals surface area contributed by atoms with Crippen LogP contribution in [0, 0.1) is 0 Å². The number of morpholine rings is 1. The van der Waals surface area contributed by atoms with Gasteiger partial charge in [0, 0.05) is 36.6 Å². The lowest BCUT2D eigenvalue weighted by Crippen LogP contribution is -2.45. The van der Waals surface area contributed by atoms with Crippen molar-refractivity contribution in [1.29, 1.82) is 0 Å². The molecule has 1 aromatic rings. The lowest BCUT2D eigenvalue weighted by atomic mass is 10.1. The zero-order valence-electron chi connectivity index (χ0n) is 12.9. The summed E-state index contributed by atoms with van der Waals surface area (Å²) >= 11 is 5.96. The van der Waals surface area contributed by atoms with Crippen LogP contribution in [0.25, 0.3) is 0 Å². The van der Waals surface area contributed by atoms with E-state index in [-0.39, 0.29) is 11.9 Å². The van der Waals surface area contributed by atoms with Crippen LogP contribution < -0.4 is 5.32 Å². The topological polar surface area (TPSA) is 41.6 Å². The molecule has 0 unspecified atom stereocenters. The van der Waals surface area contributed by atoms with Gasteiger partial charge in [0.15, 0.2) is 0 Å². The van der Waals surface area contributed by atoms with Gasteiger partial charge in [0.2, 0.25) is 5.91 Å². The lowest BCUT2D eigenvalue weighted by molar-refractivity contribution is -0.121. The quantitative estimate of drug-likeness (QED) is 0.924. The van der Waals surface area contributed by atoms with E-state index in [1.165, 1.54) is 0 Å². The van der Waals surface area contributed by atoms with Crippen LogP contribution in [0.1, 0.15) is 25.3 Å². The fourth-order valence-electron chi connectivity index (χ4n) is 3.39. The van der Waals surface area contributed by atoms with E-state index in [0.29, 0.717) is 18.6 Å². The van der Waals surface area contributed by atoms with Gasteiger partial charge in [-0.1, -0.05) is 23.7 Å². The fourth-order valence-corrected chi connectivity index (χ4v) is 3.61. The van der Waals surface area contributed by atoms with Crippen molar-refractivity contribution in [2.24, 2.45) is 0 Å². The molecule has 2 fully saturated rings. The molecule has 3 atom stereocenters. The maximum atomic E-state index is 12.1. The van der Waals surface area contributed by atoms with E-state index in [4.69, 9.17) is 16.3 Å². The van der Waals surface area contributed by atoms with E-state index >= 15 is 0 Å². The maximum Gasteiger partial charge on any atom is 0.220 e. The second-order valence-corrected chi connectivity index (χ2v) is 6.82. The van der Waals surface area contributed by atoms with Crippen LogP contribution in [0.5, 0.6) is 0 Å². The van der Waals surface area contributed by atoms with Gasteiger partial charge in [-0.3, -0.25) is 9.69 Å². The Morgan fingerprint density at radius 2 is 2.32 bits per heavy atom. The van der Waals surface area contributed by atoms with E-state index in [0.717, 1.165) is 43.1 Å². The molecule has 0 bridgehead atoms. The summed E-state index contributed by atoms with van der Waals surface area (Å²) in [5.41, 5.74) is 1.11. The highest BCUT2D eigenvalue weighted by Gasteiger charge is 2.36. The van der Waals surface area contributed by atoms with Gasteiger partial charge in [-0.15, -0.1) is 0 Å². The third kappa shape index (κ3) is 4.00. The van der Waals surface area contributed by atoms with Crippen LogP contribution in [0.3, 0.4) is 0 Å². The second kappa shape index (κ2) is 6.99. The summed E-state index contributed by atoms with van der Waals surface area (Å²) in [7, 11) is 0. The van der Waals surface area contributed by atoms with Gasteiger partial charge < -0.3 is 10.1 Å². The number of halogens is 1. The number of nitrogens with zero attached hydrogens (tertiary/aromatic N) is 1. The molecule has 0 aliphatic carbocycles. The number of carbonyl (C=O) groups excluding carboxylic acids is 1. The molecule has 2 saturated heterocycles. The molecule has 4 nitrogen and oxygen atoms in total. The zero-order chi connectivity index (χ0) is 15.5. The number of fused-ring (bicyclic) bond motifs is 1. The van der Waals surface area contributed by atoms with Gasteiger partial charge >= 0.3 is 0 Å². The summed E-state index contributed by atoms with van der Waals surface area (Å²) in [6.07, 6.45) is 2.53. The van der Waals surface area contributed by atoms with Crippen molar-refractivity contribution in [3.63, 3.8) is 0 Å². The molecule has 0 radical (unpaired) electrons. The van der Waals surface area contributed by atoms with Crippen molar-refractivity contribution in [3.8, 4) is 0 Å². The normalized spacial score (nSPS) is 28.4. The second-order valence-electron chi connectivity index (χ2n) is 6.38. The van der Waals surface area contributed by atoms with Crippen LogP contribution in [-0.2, 0) is 16.0 Å². The summed E-state index contributed by atoms with van der Waals surface area (Å²) in [6, 6.07) is 8.42. The van der Waals surface area contributed by atoms with Crippen molar-refractivity contribution in [3.05, 3.63) is 34.9 Å². The smallest absolute Gasteiger partial charge is 0.220 e. The first-order valence-electron chi connectivity index (χ1n) is 7.99. The van der Waals surface area contributed by atoms with Crippen LogP contribution in [0.2, 0.25) is 5.02 Å². The number of amides is 1. The third-order valence-corrected chi connectivity index (χ3v) is 4.72. The third-order valence-electron chi connectivity index (χ3n) is 4.49. The first kappa shape index (κ1) is 15.8. The largest absolute Gasteiger partial charge is 0.376 e. The van der Waals surface area contributed by atoms with Crippen LogP contribution in [0.15, 0.2) is 24.3 Å². The highest BCUT2D eigenvalue weighted by Crippen LogP contribution is 2.23. The van der Waals surface area contributed by atoms with E-state index in [1.54, 1.807) is 0 Å². The summed E-state index contributed by atoms with van der Waals surface area (Å²) in [5, 5.41) is 3.89. The molecule has 0 saturated carbocycles. The van der Waals surface area contributed by atoms with Gasteiger partial charge in [0.1, 0.15) is 0 Å². The van der Waals surface area contributed by atoms with E-state index < -0.39 is 0 Å².